The maximum Gasteiger partial charge on any atom is 0.323 e. The molecule has 146 valence electrons. The van der Waals surface area contributed by atoms with Gasteiger partial charge in [0, 0.05) is 12.1 Å². The van der Waals surface area contributed by atoms with Crippen molar-refractivity contribution in [1.29, 1.82) is 0 Å². The number of carboxylic acids is 1. The number of benzene rings is 1. The molecule has 26 heavy (non-hydrogen) atoms. The molecule has 0 spiro atoms. The van der Waals surface area contributed by atoms with Crippen molar-refractivity contribution in [2.24, 2.45) is 11.7 Å². The molecule has 3 rings (SSSR count). The number of aliphatic carboxylic acids is 1. The maximum absolute atomic E-state index is 11.2. The number of rotatable bonds is 6. The summed E-state index contributed by atoms with van der Waals surface area (Å²) >= 11 is 0. The van der Waals surface area contributed by atoms with E-state index in [1.807, 2.05) is 6.07 Å². The van der Waals surface area contributed by atoms with Crippen molar-refractivity contribution in [3.63, 3.8) is 0 Å². The average Bonchev–Trinajstić information content (AvgIpc) is 3.34. The highest BCUT2D eigenvalue weighted by molar-refractivity contribution is 5.85. The molecule has 2 atom stereocenters. The van der Waals surface area contributed by atoms with Crippen molar-refractivity contribution in [2.75, 3.05) is 0 Å². The Bertz CT molecular complexity index is 613. The van der Waals surface area contributed by atoms with Gasteiger partial charge in [-0.05, 0) is 50.0 Å². The van der Waals surface area contributed by atoms with Gasteiger partial charge in [-0.15, -0.1) is 24.8 Å². The predicted molar refractivity (Wildman–Crippen MR) is 111 cm³/mol. The van der Waals surface area contributed by atoms with Gasteiger partial charge in [0.25, 0.3) is 0 Å². The molecule has 0 radical (unpaired) electrons. The van der Waals surface area contributed by atoms with Crippen LogP contribution in [0.3, 0.4) is 0 Å². The number of nitrogens with one attached hydrogen (secondary N) is 1. The average molecular weight is 401 g/mol. The number of hydrogen-bond acceptors (Lipinski definition) is 3. The maximum atomic E-state index is 11.2. The second-order valence-electron chi connectivity index (χ2n) is 7.33. The van der Waals surface area contributed by atoms with Crippen molar-refractivity contribution in [3.05, 3.63) is 41.5 Å². The van der Waals surface area contributed by atoms with E-state index >= 15 is 0 Å². The second-order valence-corrected chi connectivity index (χ2v) is 7.33. The molecule has 2 saturated carbocycles. The summed E-state index contributed by atoms with van der Waals surface area (Å²) in [6, 6.07) is 11.4. The highest BCUT2D eigenvalue weighted by atomic mass is 35.5. The van der Waals surface area contributed by atoms with E-state index in [-0.39, 0.29) is 24.8 Å². The standard InChI is InChI=1S/C20H28N2O2.2ClH/c1-2-15(12-14-6-4-3-5-7-14)17-13-18(17)22-16-8-10-20(21,11-9-16)19(23)24;;/h3-7,12,16-18,22H,2,8-11,13,21H2,1H3,(H,23,24);2*1H/b15-12+;;/t16?,17-,18+,20?;;/m0../s1. The fourth-order valence-electron chi connectivity index (χ4n) is 3.84. The first-order valence-corrected chi connectivity index (χ1v) is 9.05. The molecule has 1 aromatic rings. The summed E-state index contributed by atoms with van der Waals surface area (Å²) in [5.41, 5.74) is 7.72. The lowest BCUT2D eigenvalue weighted by Crippen LogP contribution is -2.53. The minimum atomic E-state index is -1.01. The van der Waals surface area contributed by atoms with Crippen LogP contribution in [0.25, 0.3) is 6.08 Å². The van der Waals surface area contributed by atoms with Gasteiger partial charge in [-0.3, -0.25) is 4.79 Å². The number of carboxylic acid groups (broad SMARTS) is 1. The molecule has 2 aliphatic carbocycles. The largest absolute Gasteiger partial charge is 0.480 e. The summed E-state index contributed by atoms with van der Waals surface area (Å²) in [6.45, 7) is 2.22. The number of nitrogens with two attached hydrogens (primary N) is 1. The molecule has 0 amide bonds. The van der Waals surface area contributed by atoms with Gasteiger partial charge in [0.05, 0.1) is 0 Å². The summed E-state index contributed by atoms with van der Waals surface area (Å²) < 4.78 is 0. The zero-order valence-corrected chi connectivity index (χ0v) is 16.8. The van der Waals surface area contributed by atoms with Gasteiger partial charge in [0.2, 0.25) is 0 Å². The molecule has 0 heterocycles. The zero-order valence-electron chi connectivity index (χ0n) is 15.2. The molecule has 6 heteroatoms. The molecular formula is C20H30Cl2N2O2. The van der Waals surface area contributed by atoms with Crippen LogP contribution in [-0.4, -0.2) is 28.7 Å². The topological polar surface area (TPSA) is 75.3 Å². The highest BCUT2D eigenvalue weighted by Crippen LogP contribution is 2.41. The molecule has 0 bridgehead atoms. The van der Waals surface area contributed by atoms with Crippen molar-refractivity contribution in [1.82, 2.24) is 5.32 Å². The van der Waals surface area contributed by atoms with E-state index in [0.29, 0.717) is 30.8 Å². The smallest absolute Gasteiger partial charge is 0.323 e. The lowest BCUT2D eigenvalue weighted by molar-refractivity contribution is -0.144. The number of hydrogen-bond donors (Lipinski definition) is 3. The van der Waals surface area contributed by atoms with E-state index in [2.05, 4.69) is 42.6 Å². The lowest BCUT2D eigenvalue weighted by atomic mass is 9.80. The Morgan fingerprint density at radius 1 is 1.27 bits per heavy atom. The molecule has 4 nitrogen and oxygen atoms in total. The third-order valence-electron chi connectivity index (χ3n) is 5.58. The van der Waals surface area contributed by atoms with Crippen molar-refractivity contribution in [3.8, 4) is 0 Å². The van der Waals surface area contributed by atoms with Gasteiger partial charge in [-0.2, -0.15) is 0 Å². The Balaban J connectivity index is 0.00000169. The first-order chi connectivity index (χ1) is 11.5. The van der Waals surface area contributed by atoms with E-state index in [9.17, 15) is 9.90 Å². The fourth-order valence-corrected chi connectivity index (χ4v) is 3.84. The first-order valence-electron chi connectivity index (χ1n) is 9.05. The van der Waals surface area contributed by atoms with Crippen LogP contribution in [0.15, 0.2) is 35.9 Å². The molecule has 0 aliphatic heterocycles. The number of carbonyl (C=O) groups is 1. The van der Waals surface area contributed by atoms with Gasteiger partial charge in [-0.1, -0.05) is 48.9 Å². The summed E-state index contributed by atoms with van der Waals surface area (Å²) in [5, 5.41) is 12.9. The molecular weight excluding hydrogens is 371 g/mol. The van der Waals surface area contributed by atoms with Gasteiger partial charge in [0.1, 0.15) is 5.54 Å². The van der Waals surface area contributed by atoms with Gasteiger partial charge in [0.15, 0.2) is 0 Å². The quantitative estimate of drug-likeness (QED) is 0.673. The molecule has 1 aromatic carbocycles. The van der Waals surface area contributed by atoms with Crippen LogP contribution in [0.2, 0.25) is 0 Å². The normalized spacial score (nSPS) is 30.7. The van der Waals surface area contributed by atoms with Crippen LogP contribution in [0, 0.1) is 5.92 Å². The Morgan fingerprint density at radius 2 is 1.88 bits per heavy atom. The molecule has 4 N–H and O–H groups in total. The van der Waals surface area contributed by atoms with Gasteiger partial charge >= 0.3 is 5.97 Å². The molecule has 2 fully saturated rings. The van der Waals surface area contributed by atoms with Crippen molar-refractivity contribution < 1.29 is 9.90 Å². The van der Waals surface area contributed by atoms with Crippen LogP contribution in [0.4, 0.5) is 0 Å². The first kappa shape index (κ1) is 23.0. The molecule has 0 unspecified atom stereocenters. The van der Waals surface area contributed by atoms with E-state index in [0.717, 1.165) is 19.3 Å². The molecule has 0 aromatic heterocycles. The van der Waals surface area contributed by atoms with Crippen LogP contribution in [-0.2, 0) is 4.79 Å². The third kappa shape index (κ3) is 5.46. The second kappa shape index (κ2) is 9.75. The summed E-state index contributed by atoms with van der Waals surface area (Å²) in [7, 11) is 0. The predicted octanol–water partition coefficient (Wildman–Crippen LogP) is 4.03. The van der Waals surface area contributed by atoms with Crippen LogP contribution in [0.1, 0.15) is 51.0 Å². The van der Waals surface area contributed by atoms with E-state index in [4.69, 9.17) is 5.73 Å². The van der Waals surface area contributed by atoms with Crippen molar-refractivity contribution >= 4 is 36.9 Å². The van der Waals surface area contributed by atoms with E-state index in [1.165, 1.54) is 17.6 Å². The Hall–Kier alpha value is -1.07. The van der Waals surface area contributed by atoms with Gasteiger partial charge in [-0.25, -0.2) is 0 Å². The molecule has 2 aliphatic rings. The monoisotopic (exact) mass is 400 g/mol. The van der Waals surface area contributed by atoms with Crippen LogP contribution < -0.4 is 11.1 Å². The highest BCUT2D eigenvalue weighted by Gasteiger charge is 2.43. The van der Waals surface area contributed by atoms with Crippen LogP contribution >= 0.6 is 24.8 Å². The summed E-state index contributed by atoms with van der Waals surface area (Å²) in [4.78, 5) is 11.2. The van der Waals surface area contributed by atoms with Crippen molar-refractivity contribution in [2.45, 2.75) is 63.1 Å². The Kier molecular flexibility index (Phi) is 8.61. The third-order valence-corrected chi connectivity index (χ3v) is 5.58. The van der Waals surface area contributed by atoms with E-state index < -0.39 is 11.5 Å². The Morgan fingerprint density at radius 3 is 2.42 bits per heavy atom. The SMILES string of the molecule is CC/C(=C\c1ccccc1)[C@@H]1C[C@H]1NC1CCC(N)(C(=O)O)CC1.Cl.Cl. The zero-order chi connectivity index (χ0) is 17.2. The number of halogens is 2. The minimum Gasteiger partial charge on any atom is -0.480 e. The fraction of sp³-hybridized carbons (Fsp3) is 0.550. The Labute approximate surface area is 168 Å². The van der Waals surface area contributed by atoms with Crippen LogP contribution in [0.5, 0.6) is 0 Å². The summed E-state index contributed by atoms with van der Waals surface area (Å²) in [6.07, 6.45) is 7.44. The molecule has 0 saturated heterocycles. The van der Waals surface area contributed by atoms with Gasteiger partial charge < -0.3 is 16.2 Å². The lowest BCUT2D eigenvalue weighted by Gasteiger charge is -2.34. The van der Waals surface area contributed by atoms with E-state index in [1.54, 1.807) is 0 Å². The minimum absolute atomic E-state index is 0. The summed E-state index contributed by atoms with van der Waals surface area (Å²) in [5.74, 6) is -0.233.